The van der Waals surface area contributed by atoms with Gasteiger partial charge < -0.3 is 14.6 Å². The fourth-order valence-corrected chi connectivity index (χ4v) is 4.12. The van der Waals surface area contributed by atoms with Gasteiger partial charge in [0, 0.05) is 40.7 Å². The molecule has 148 valence electrons. The average Bonchev–Trinajstić information content (AvgIpc) is 3.41. The molecule has 0 radical (unpaired) electrons. The van der Waals surface area contributed by atoms with Crippen LogP contribution in [0.25, 0.3) is 33.3 Å². The summed E-state index contributed by atoms with van der Waals surface area (Å²) in [6, 6.07) is 10.8. The summed E-state index contributed by atoms with van der Waals surface area (Å²) in [5.74, 6) is 0.855. The van der Waals surface area contributed by atoms with Crippen molar-refractivity contribution in [2.24, 2.45) is 0 Å². The molecular weight excluding hydrogens is 362 g/mol. The van der Waals surface area contributed by atoms with Gasteiger partial charge in [-0.25, -0.2) is 4.98 Å². The van der Waals surface area contributed by atoms with E-state index in [1.807, 2.05) is 30.7 Å². The van der Waals surface area contributed by atoms with Crippen molar-refractivity contribution < 1.29 is 4.74 Å². The Balaban J connectivity index is 1.47. The van der Waals surface area contributed by atoms with Crippen LogP contribution in [0.3, 0.4) is 0 Å². The van der Waals surface area contributed by atoms with Crippen LogP contribution in [0.15, 0.2) is 55.1 Å². The summed E-state index contributed by atoms with van der Waals surface area (Å²) in [5, 5.41) is 5.77. The van der Waals surface area contributed by atoms with E-state index in [0.29, 0.717) is 6.04 Å². The monoisotopic (exact) mass is 387 g/mol. The van der Waals surface area contributed by atoms with Gasteiger partial charge in [0.1, 0.15) is 11.4 Å². The number of methoxy groups -OCH3 is 1. The van der Waals surface area contributed by atoms with Gasteiger partial charge in [-0.15, -0.1) is 0 Å². The number of hydrogen-bond acceptors (Lipinski definition) is 4. The van der Waals surface area contributed by atoms with Crippen molar-refractivity contribution >= 4 is 11.0 Å². The molecule has 0 amide bonds. The highest BCUT2D eigenvalue weighted by Gasteiger charge is 2.19. The number of ether oxygens (including phenoxy) is 1. The molecule has 29 heavy (non-hydrogen) atoms. The van der Waals surface area contributed by atoms with Crippen molar-refractivity contribution in [3.8, 4) is 28.0 Å². The number of benzene rings is 1. The van der Waals surface area contributed by atoms with E-state index < -0.39 is 0 Å². The van der Waals surface area contributed by atoms with Gasteiger partial charge in [-0.2, -0.15) is 5.10 Å². The molecule has 1 aliphatic rings. The Hall–Kier alpha value is -3.12. The van der Waals surface area contributed by atoms with Crippen molar-refractivity contribution in [2.75, 3.05) is 27.2 Å². The van der Waals surface area contributed by atoms with Crippen molar-refractivity contribution in [3.05, 3.63) is 55.1 Å². The highest BCUT2D eigenvalue weighted by molar-refractivity contribution is 5.95. The summed E-state index contributed by atoms with van der Waals surface area (Å²) >= 11 is 0. The maximum Gasteiger partial charge on any atom is 0.137 e. The van der Waals surface area contributed by atoms with Crippen LogP contribution < -0.4 is 4.74 Å². The Bertz CT molecular complexity index is 1120. The van der Waals surface area contributed by atoms with Crippen molar-refractivity contribution in [2.45, 2.75) is 18.9 Å². The number of fused-ring (bicyclic) bond motifs is 1. The SMILES string of the molecule is COc1ccc(-c2c[nH]c3ncc(-c4cnn(C5CCN(C)CC5)c4)cc23)cc1. The van der Waals surface area contributed by atoms with E-state index >= 15 is 0 Å². The molecule has 3 aromatic heterocycles. The normalized spacial score (nSPS) is 15.8. The summed E-state index contributed by atoms with van der Waals surface area (Å²) in [6.45, 7) is 2.25. The summed E-state index contributed by atoms with van der Waals surface area (Å²) in [6.07, 6.45) is 10.4. The van der Waals surface area contributed by atoms with Gasteiger partial charge in [0.15, 0.2) is 0 Å². The average molecular weight is 387 g/mol. The third kappa shape index (κ3) is 3.40. The minimum atomic E-state index is 0.485. The summed E-state index contributed by atoms with van der Waals surface area (Å²) in [5.41, 5.74) is 5.37. The second-order valence-corrected chi connectivity index (χ2v) is 7.79. The molecule has 4 aromatic rings. The van der Waals surface area contributed by atoms with Crippen molar-refractivity contribution in [1.82, 2.24) is 24.6 Å². The molecule has 0 aliphatic carbocycles. The number of piperidine rings is 1. The molecule has 6 heteroatoms. The first kappa shape index (κ1) is 17.9. The van der Waals surface area contributed by atoms with E-state index in [1.54, 1.807) is 7.11 Å². The first-order valence-corrected chi connectivity index (χ1v) is 10.1. The smallest absolute Gasteiger partial charge is 0.137 e. The lowest BCUT2D eigenvalue weighted by atomic mass is 10.0. The minimum Gasteiger partial charge on any atom is -0.497 e. The minimum absolute atomic E-state index is 0.485. The summed E-state index contributed by atoms with van der Waals surface area (Å²) < 4.78 is 7.41. The van der Waals surface area contributed by atoms with Crippen LogP contribution in [0.1, 0.15) is 18.9 Å². The van der Waals surface area contributed by atoms with E-state index in [2.05, 4.69) is 56.1 Å². The molecule has 1 N–H and O–H groups in total. The summed E-state index contributed by atoms with van der Waals surface area (Å²) in [7, 11) is 3.87. The van der Waals surface area contributed by atoms with Crippen molar-refractivity contribution in [3.63, 3.8) is 0 Å². The number of rotatable bonds is 4. The second kappa shape index (κ2) is 7.37. The molecule has 0 bridgehead atoms. The van der Waals surface area contributed by atoms with Crippen LogP contribution in [-0.4, -0.2) is 51.9 Å². The maximum absolute atomic E-state index is 5.28. The van der Waals surface area contributed by atoms with E-state index in [-0.39, 0.29) is 0 Å². The van der Waals surface area contributed by atoms with Gasteiger partial charge in [0.05, 0.1) is 19.3 Å². The first-order valence-electron chi connectivity index (χ1n) is 10.1. The highest BCUT2D eigenvalue weighted by atomic mass is 16.5. The van der Waals surface area contributed by atoms with E-state index in [0.717, 1.165) is 65.0 Å². The molecule has 0 saturated carbocycles. The van der Waals surface area contributed by atoms with Crippen molar-refractivity contribution in [1.29, 1.82) is 0 Å². The highest BCUT2D eigenvalue weighted by Crippen LogP contribution is 2.32. The third-order valence-electron chi connectivity index (χ3n) is 5.93. The van der Waals surface area contributed by atoms with Gasteiger partial charge in [-0.1, -0.05) is 12.1 Å². The van der Waals surface area contributed by atoms with Gasteiger partial charge in [-0.3, -0.25) is 4.68 Å². The Labute approximate surface area is 170 Å². The number of nitrogens with zero attached hydrogens (tertiary/aromatic N) is 4. The number of pyridine rings is 1. The molecule has 1 saturated heterocycles. The number of nitrogens with one attached hydrogen (secondary N) is 1. The van der Waals surface area contributed by atoms with Crippen LogP contribution in [0.5, 0.6) is 5.75 Å². The number of likely N-dealkylation sites (tertiary alicyclic amines) is 1. The van der Waals surface area contributed by atoms with E-state index in [1.165, 1.54) is 0 Å². The number of aromatic amines is 1. The van der Waals surface area contributed by atoms with Crippen LogP contribution in [0, 0.1) is 0 Å². The standard InChI is InChI=1S/C23H25N5O/c1-27-9-7-19(8-10-27)28-15-18(13-26-28)17-11-21-22(14-25-23(21)24-12-17)16-3-5-20(29-2)6-4-16/h3-6,11-15,19H,7-10H2,1-2H3,(H,24,25). The summed E-state index contributed by atoms with van der Waals surface area (Å²) in [4.78, 5) is 10.3. The topological polar surface area (TPSA) is 59.0 Å². The number of H-pyrrole nitrogens is 1. The van der Waals surface area contributed by atoms with Crippen LogP contribution in [0.2, 0.25) is 0 Å². The Morgan fingerprint density at radius 1 is 1.03 bits per heavy atom. The quantitative estimate of drug-likeness (QED) is 0.565. The van der Waals surface area contributed by atoms with Crippen LogP contribution in [0.4, 0.5) is 0 Å². The van der Waals surface area contributed by atoms with Gasteiger partial charge in [-0.05, 0) is 56.7 Å². The maximum atomic E-state index is 5.28. The predicted octanol–water partition coefficient (Wildman–Crippen LogP) is 4.37. The van der Waals surface area contributed by atoms with Gasteiger partial charge in [0.2, 0.25) is 0 Å². The first-order chi connectivity index (χ1) is 14.2. The molecule has 5 rings (SSSR count). The molecular formula is C23H25N5O. The molecule has 4 heterocycles. The van der Waals surface area contributed by atoms with Crippen LogP contribution >= 0.6 is 0 Å². The molecule has 0 atom stereocenters. The molecule has 0 unspecified atom stereocenters. The van der Waals surface area contributed by atoms with Crippen LogP contribution in [-0.2, 0) is 0 Å². The zero-order chi connectivity index (χ0) is 19.8. The second-order valence-electron chi connectivity index (χ2n) is 7.79. The molecule has 0 spiro atoms. The fourth-order valence-electron chi connectivity index (χ4n) is 4.12. The Morgan fingerprint density at radius 3 is 2.59 bits per heavy atom. The lowest BCUT2D eigenvalue weighted by molar-refractivity contribution is 0.212. The lowest BCUT2D eigenvalue weighted by Crippen LogP contribution is -2.31. The zero-order valence-corrected chi connectivity index (χ0v) is 16.8. The predicted molar refractivity (Wildman–Crippen MR) is 115 cm³/mol. The van der Waals surface area contributed by atoms with E-state index in [9.17, 15) is 0 Å². The lowest BCUT2D eigenvalue weighted by Gasteiger charge is -2.28. The zero-order valence-electron chi connectivity index (χ0n) is 16.8. The van der Waals surface area contributed by atoms with Gasteiger partial charge >= 0.3 is 0 Å². The van der Waals surface area contributed by atoms with E-state index in [4.69, 9.17) is 4.74 Å². The Kier molecular flexibility index (Phi) is 4.56. The Morgan fingerprint density at radius 2 is 1.83 bits per heavy atom. The third-order valence-corrected chi connectivity index (χ3v) is 5.93. The van der Waals surface area contributed by atoms with Gasteiger partial charge in [0.25, 0.3) is 0 Å². The fraction of sp³-hybridized carbons (Fsp3) is 0.304. The molecule has 1 fully saturated rings. The molecule has 6 nitrogen and oxygen atoms in total. The molecule has 1 aromatic carbocycles. The number of aromatic nitrogens is 4. The largest absolute Gasteiger partial charge is 0.497 e. The molecule has 1 aliphatic heterocycles. The number of hydrogen-bond donors (Lipinski definition) is 1.